The summed E-state index contributed by atoms with van der Waals surface area (Å²) in [5.41, 5.74) is 4.89. The van der Waals surface area contributed by atoms with Gasteiger partial charge in [0, 0.05) is 42.9 Å². The van der Waals surface area contributed by atoms with E-state index in [4.69, 9.17) is 9.97 Å². The van der Waals surface area contributed by atoms with Crippen molar-refractivity contribution in [3.8, 4) is 5.82 Å². The van der Waals surface area contributed by atoms with Crippen LogP contribution in [0.5, 0.6) is 0 Å². The van der Waals surface area contributed by atoms with Gasteiger partial charge in [-0.3, -0.25) is 4.79 Å². The van der Waals surface area contributed by atoms with E-state index in [1.165, 1.54) is 24.1 Å². The third-order valence-electron chi connectivity index (χ3n) is 8.23. The Hall–Kier alpha value is -3.98. The predicted molar refractivity (Wildman–Crippen MR) is 161 cm³/mol. The Balaban J connectivity index is 1.26. The van der Waals surface area contributed by atoms with Gasteiger partial charge in [-0.2, -0.15) is 4.98 Å². The number of aromatic nitrogens is 5. The highest BCUT2D eigenvalue weighted by molar-refractivity contribution is 5.77. The molecule has 1 N–H and O–H groups in total. The highest BCUT2D eigenvalue weighted by Crippen LogP contribution is 2.32. The summed E-state index contributed by atoms with van der Waals surface area (Å²) in [7, 11) is 4.31. The van der Waals surface area contributed by atoms with Gasteiger partial charge in [0.2, 0.25) is 5.95 Å². The standard InChI is InChI=1S/C31H38N8O/c1-5-16-38-30(40)26-19-32-31(35-29(26)39(38)27-13-8-23-7-6-21(2)28(23)34-27)33-24-9-11-25(12-10-24)37-17-14-22(15-18-37)20-36(3)4/h5,8-13,19,21-22H,1,6-7,14-18,20H2,2-4H3,(H,32,33,35). The van der Waals surface area contributed by atoms with Crippen LogP contribution in [0.1, 0.15) is 43.4 Å². The summed E-state index contributed by atoms with van der Waals surface area (Å²) in [5, 5.41) is 3.79. The van der Waals surface area contributed by atoms with E-state index in [9.17, 15) is 4.79 Å². The van der Waals surface area contributed by atoms with Crippen molar-refractivity contribution in [2.24, 2.45) is 5.92 Å². The zero-order valence-electron chi connectivity index (χ0n) is 23.7. The molecule has 0 radical (unpaired) electrons. The van der Waals surface area contributed by atoms with E-state index in [-0.39, 0.29) is 5.56 Å². The fourth-order valence-electron chi connectivity index (χ4n) is 6.14. The summed E-state index contributed by atoms with van der Waals surface area (Å²) in [4.78, 5) is 32.3. The molecule has 0 spiro atoms. The Morgan fingerprint density at radius 2 is 1.85 bits per heavy atom. The van der Waals surface area contributed by atoms with Gasteiger partial charge < -0.3 is 15.1 Å². The molecule has 9 nitrogen and oxygen atoms in total. The third-order valence-corrected chi connectivity index (χ3v) is 8.23. The lowest BCUT2D eigenvalue weighted by atomic mass is 9.96. The van der Waals surface area contributed by atoms with Crippen LogP contribution in [0, 0.1) is 5.92 Å². The lowest BCUT2D eigenvalue weighted by molar-refractivity contribution is 0.285. The van der Waals surface area contributed by atoms with Crippen LogP contribution in [0.3, 0.4) is 0 Å². The van der Waals surface area contributed by atoms with E-state index in [1.54, 1.807) is 21.6 Å². The van der Waals surface area contributed by atoms with Crippen LogP contribution < -0.4 is 15.8 Å². The van der Waals surface area contributed by atoms with Crippen molar-refractivity contribution in [1.82, 2.24) is 29.2 Å². The molecule has 4 heterocycles. The molecule has 1 saturated heterocycles. The lowest BCUT2D eigenvalue weighted by Gasteiger charge is -2.34. The van der Waals surface area contributed by atoms with Crippen LogP contribution in [0.15, 0.2) is 60.0 Å². The van der Waals surface area contributed by atoms with Gasteiger partial charge in [0.15, 0.2) is 11.5 Å². The van der Waals surface area contributed by atoms with Gasteiger partial charge in [0.1, 0.15) is 5.39 Å². The number of benzene rings is 1. The van der Waals surface area contributed by atoms with Crippen molar-refractivity contribution in [3.63, 3.8) is 0 Å². The molecule has 1 aliphatic heterocycles. The summed E-state index contributed by atoms with van der Waals surface area (Å²) in [6.45, 7) is 9.73. The van der Waals surface area contributed by atoms with Gasteiger partial charge in [-0.05, 0) is 87.5 Å². The van der Waals surface area contributed by atoms with E-state index in [2.05, 4.69) is 78.0 Å². The topological polar surface area (TPSA) is 84.1 Å². The van der Waals surface area contributed by atoms with Crippen molar-refractivity contribution in [1.29, 1.82) is 0 Å². The van der Waals surface area contributed by atoms with Gasteiger partial charge >= 0.3 is 0 Å². The maximum atomic E-state index is 13.3. The summed E-state index contributed by atoms with van der Waals surface area (Å²) in [5.74, 6) is 2.29. The van der Waals surface area contributed by atoms with Crippen LogP contribution in [0.2, 0.25) is 0 Å². The lowest BCUT2D eigenvalue weighted by Crippen LogP contribution is -2.37. The molecule has 2 aliphatic rings. The quantitative estimate of drug-likeness (QED) is 0.325. The average molecular weight is 539 g/mol. The normalized spacial score (nSPS) is 17.5. The van der Waals surface area contributed by atoms with Gasteiger partial charge in [-0.1, -0.05) is 19.1 Å². The molecule has 1 aliphatic carbocycles. The van der Waals surface area contributed by atoms with Gasteiger partial charge in [-0.25, -0.2) is 19.3 Å². The minimum Gasteiger partial charge on any atom is -0.372 e. The van der Waals surface area contributed by atoms with Crippen molar-refractivity contribution >= 4 is 28.4 Å². The molecule has 4 aromatic rings. The van der Waals surface area contributed by atoms with E-state index < -0.39 is 0 Å². The Kier molecular flexibility index (Phi) is 7.14. The van der Waals surface area contributed by atoms with E-state index in [1.807, 2.05) is 6.07 Å². The number of nitrogens with zero attached hydrogens (tertiary/aromatic N) is 7. The fraction of sp³-hybridized carbons (Fsp3) is 0.419. The van der Waals surface area contributed by atoms with Crippen LogP contribution in [0.25, 0.3) is 16.9 Å². The minimum atomic E-state index is -0.157. The molecule has 1 fully saturated rings. The number of anilines is 3. The first-order valence-electron chi connectivity index (χ1n) is 14.3. The van der Waals surface area contributed by atoms with Gasteiger partial charge in [0.05, 0.1) is 6.54 Å². The zero-order chi connectivity index (χ0) is 27.8. The maximum Gasteiger partial charge on any atom is 0.278 e. The largest absolute Gasteiger partial charge is 0.372 e. The number of hydrogen-bond acceptors (Lipinski definition) is 7. The molecule has 1 aromatic carbocycles. The first-order valence-corrected chi connectivity index (χ1v) is 14.3. The van der Waals surface area contributed by atoms with Gasteiger partial charge in [-0.15, -0.1) is 6.58 Å². The van der Waals surface area contributed by atoms with Crippen LogP contribution in [-0.4, -0.2) is 62.9 Å². The molecule has 3 aromatic heterocycles. The van der Waals surface area contributed by atoms with E-state index >= 15 is 0 Å². The summed E-state index contributed by atoms with van der Waals surface area (Å²) >= 11 is 0. The Labute approximate surface area is 235 Å². The summed E-state index contributed by atoms with van der Waals surface area (Å²) in [6.07, 6.45) is 7.90. The maximum absolute atomic E-state index is 13.3. The SMILES string of the molecule is C=CCn1c(=O)c2cnc(Nc3ccc(N4CCC(CN(C)C)CC4)cc3)nc2n1-c1ccc2c(n1)C(C)CC2. The van der Waals surface area contributed by atoms with Crippen molar-refractivity contribution in [2.75, 3.05) is 43.9 Å². The average Bonchev–Trinajstić information content (AvgIpc) is 3.45. The third kappa shape index (κ3) is 5.01. The molecule has 1 unspecified atom stereocenters. The van der Waals surface area contributed by atoms with E-state index in [0.717, 1.165) is 49.8 Å². The van der Waals surface area contributed by atoms with Crippen LogP contribution in [0.4, 0.5) is 17.3 Å². The number of fused-ring (bicyclic) bond motifs is 2. The zero-order valence-corrected chi connectivity index (χ0v) is 23.7. The van der Waals surface area contributed by atoms with Crippen LogP contribution >= 0.6 is 0 Å². The number of rotatable bonds is 8. The highest BCUT2D eigenvalue weighted by Gasteiger charge is 2.24. The molecule has 40 heavy (non-hydrogen) atoms. The fourth-order valence-corrected chi connectivity index (χ4v) is 6.14. The minimum absolute atomic E-state index is 0.157. The van der Waals surface area contributed by atoms with E-state index in [0.29, 0.717) is 35.3 Å². The Morgan fingerprint density at radius 1 is 1.07 bits per heavy atom. The molecular formula is C31H38N8O. The first kappa shape index (κ1) is 26.3. The first-order chi connectivity index (χ1) is 19.4. The van der Waals surface area contributed by atoms with Crippen molar-refractivity contribution in [3.05, 3.63) is 76.9 Å². The second kappa shape index (κ2) is 10.9. The molecule has 9 heteroatoms. The van der Waals surface area contributed by atoms with Gasteiger partial charge in [0.25, 0.3) is 5.56 Å². The monoisotopic (exact) mass is 538 g/mol. The molecule has 208 valence electrons. The van der Waals surface area contributed by atoms with Crippen LogP contribution in [-0.2, 0) is 13.0 Å². The number of piperidine rings is 1. The number of nitrogens with one attached hydrogen (secondary N) is 1. The van der Waals surface area contributed by atoms with Crippen molar-refractivity contribution in [2.45, 2.75) is 45.1 Å². The molecule has 1 atom stereocenters. The number of aryl methyl sites for hydroxylation is 1. The molecule has 6 rings (SSSR count). The summed E-state index contributed by atoms with van der Waals surface area (Å²) < 4.78 is 3.43. The molecule has 0 amide bonds. The number of hydrogen-bond donors (Lipinski definition) is 1. The second-order valence-electron chi connectivity index (χ2n) is 11.4. The molecular weight excluding hydrogens is 500 g/mol. The highest BCUT2D eigenvalue weighted by atomic mass is 16.1. The Bertz CT molecular complexity index is 1580. The Morgan fingerprint density at radius 3 is 2.58 bits per heavy atom. The van der Waals surface area contributed by atoms with Crippen molar-refractivity contribution < 1.29 is 0 Å². The smallest absolute Gasteiger partial charge is 0.278 e. The second-order valence-corrected chi connectivity index (χ2v) is 11.4. The molecule has 0 saturated carbocycles. The number of allylic oxidation sites excluding steroid dienone is 1. The summed E-state index contributed by atoms with van der Waals surface area (Å²) in [6, 6.07) is 12.5. The predicted octanol–water partition coefficient (Wildman–Crippen LogP) is 4.73. The number of pyridine rings is 1. The molecule has 0 bridgehead atoms.